The molecule has 0 unspecified atom stereocenters. The van der Waals surface area contributed by atoms with Gasteiger partial charge in [0.15, 0.2) is 0 Å². The lowest BCUT2D eigenvalue weighted by Gasteiger charge is -2.12. The number of hydrogen-bond acceptors (Lipinski definition) is 2. The normalized spacial score (nSPS) is 10.4. The lowest BCUT2D eigenvalue weighted by molar-refractivity contribution is -0.104. The van der Waals surface area contributed by atoms with Crippen LogP contribution in [0.4, 0.5) is 5.69 Å². The second-order valence-electron chi connectivity index (χ2n) is 3.33. The fourth-order valence-electron chi connectivity index (χ4n) is 1.19. The Kier molecular flexibility index (Phi) is 3.92. The lowest BCUT2D eigenvalue weighted by Crippen LogP contribution is -2.08. The highest BCUT2D eigenvalue weighted by molar-refractivity contribution is 5.64. The van der Waals surface area contributed by atoms with Crippen molar-refractivity contribution < 1.29 is 4.79 Å². The molecule has 1 aromatic rings. The van der Waals surface area contributed by atoms with Gasteiger partial charge in [-0.1, -0.05) is 18.2 Å². The molecular formula is C12H15NO. The van der Waals surface area contributed by atoms with Crippen LogP contribution in [0.5, 0.6) is 0 Å². The Morgan fingerprint density at radius 3 is 2.36 bits per heavy atom. The fraction of sp³-hybridized carbons (Fsp3) is 0.250. The number of aldehydes is 1. The minimum Gasteiger partial charge on any atom is -0.378 e. The molecule has 74 valence electrons. The van der Waals surface area contributed by atoms with Gasteiger partial charge in [-0.05, 0) is 30.2 Å². The van der Waals surface area contributed by atoms with Gasteiger partial charge in [-0.2, -0.15) is 0 Å². The molecule has 0 atom stereocenters. The Labute approximate surface area is 84.9 Å². The summed E-state index contributed by atoms with van der Waals surface area (Å²) in [5, 5.41) is 0. The van der Waals surface area contributed by atoms with Gasteiger partial charge >= 0.3 is 0 Å². The van der Waals surface area contributed by atoms with E-state index >= 15 is 0 Å². The number of benzene rings is 1. The second kappa shape index (κ2) is 5.22. The molecule has 0 saturated heterocycles. The number of carbonyl (C=O) groups is 1. The molecule has 0 spiro atoms. The summed E-state index contributed by atoms with van der Waals surface area (Å²) >= 11 is 0. The van der Waals surface area contributed by atoms with Crippen LogP contribution in [0, 0.1) is 0 Å². The Bertz CT molecular complexity index is 312. The maximum Gasteiger partial charge on any atom is 0.142 e. The van der Waals surface area contributed by atoms with E-state index in [2.05, 4.69) is 29.2 Å². The van der Waals surface area contributed by atoms with E-state index in [1.54, 1.807) is 0 Å². The van der Waals surface area contributed by atoms with Gasteiger partial charge < -0.3 is 4.90 Å². The van der Waals surface area contributed by atoms with Gasteiger partial charge in [-0.25, -0.2) is 0 Å². The Balaban J connectivity index is 2.64. The van der Waals surface area contributed by atoms with E-state index in [-0.39, 0.29) is 0 Å². The summed E-state index contributed by atoms with van der Waals surface area (Å²) in [5.41, 5.74) is 2.40. The monoisotopic (exact) mass is 189 g/mol. The highest BCUT2D eigenvalue weighted by atomic mass is 16.1. The summed E-state index contributed by atoms with van der Waals surface area (Å²) < 4.78 is 0. The Hall–Kier alpha value is -1.57. The summed E-state index contributed by atoms with van der Waals surface area (Å²) in [6.45, 7) is 0. The number of hydrogen-bond donors (Lipinski definition) is 0. The first-order valence-electron chi connectivity index (χ1n) is 4.60. The van der Waals surface area contributed by atoms with Crippen molar-refractivity contribution in [3.05, 3.63) is 42.0 Å². The van der Waals surface area contributed by atoms with Gasteiger partial charge in [-0.15, -0.1) is 0 Å². The molecule has 0 amide bonds. The van der Waals surface area contributed by atoms with Gasteiger partial charge in [0, 0.05) is 19.8 Å². The number of nitrogens with zero attached hydrogens (tertiary/aromatic N) is 1. The summed E-state index contributed by atoms with van der Waals surface area (Å²) in [6, 6.07) is 8.29. The molecule has 0 heterocycles. The molecule has 0 radical (unpaired) electrons. The van der Waals surface area contributed by atoms with Gasteiger partial charge in [0.2, 0.25) is 0 Å². The van der Waals surface area contributed by atoms with Crippen LogP contribution in [0.25, 0.3) is 0 Å². The summed E-state index contributed by atoms with van der Waals surface area (Å²) in [4.78, 5) is 12.1. The van der Waals surface area contributed by atoms with E-state index in [4.69, 9.17) is 0 Å². The van der Waals surface area contributed by atoms with Crippen molar-refractivity contribution in [3.63, 3.8) is 0 Å². The van der Waals surface area contributed by atoms with Crippen molar-refractivity contribution in [3.8, 4) is 0 Å². The zero-order valence-corrected chi connectivity index (χ0v) is 8.60. The highest BCUT2D eigenvalue weighted by Crippen LogP contribution is 2.12. The summed E-state index contributed by atoms with van der Waals surface area (Å²) in [6.07, 6.45) is 5.00. The Morgan fingerprint density at radius 2 is 1.86 bits per heavy atom. The maximum absolute atomic E-state index is 10.0. The molecule has 2 heteroatoms. The van der Waals surface area contributed by atoms with Crippen molar-refractivity contribution in [1.82, 2.24) is 0 Å². The van der Waals surface area contributed by atoms with Crippen LogP contribution >= 0.6 is 0 Å². The molecule has 0 aliphatic rings. The average molecular weight is 189 g/mol. The zero-order valence-electron chi connectivity index (χ0n) is 8.60. The molecule has 0 fully saturated rings. The van der Waals surface area contributed by atoms with E-state index < -0.39 is 0 Å². The van der Waals surface area contributed by atoms with Crippen LogP contribution in [-0.2, 0) is 11.2 Å². The van der Waals surface area contributed by atoms with Crippen molar-refractivity contribution in [2.24, 2.45) is 0 Å². The third-order valence-corrected chi connectivity index (χ3v) is 2.02. The van der Waals surface area contributed by atoms with Crippen LogP contribution in [0.15, 0.2) is 36.4 Å². The van der Waals surface area contributed by atoms with Crippen molar-refractivity contribution >= 4 is 12.0 Å². The minimum atomic E-state index is 0.800. The molecule has 1 rings (SSSR count). The first-order valence-corrected chi connectivity index (χ1v) is 4.60. The third-order valence-electron chi connectivity index (χ3n) is 2.02. The van der Waals surface area contributed by atoms with Crippen LogP contribution in [0.1, 0.15) is 5.56 Å². The van der Waals surface area contributed by atoms with Crippen molar-refractivity contribution in [2.45, 2.75) is 6.42 Å². The lowest BCUT2D eigenvalue weighted by atomic mass is 10.1. The summed E-state index contributed by atoms with van der Waals surface area (Å²) in [5.74, 6) is 0. The highest BCUT2D eigenvalue weighted by Gasteiger charge is 1.94. The predicted octanol–water partition coefficient (Wildman–Crippen LogP) is 2.05. The second-order valence-corrected chi connectivity index (χ2v) is 3.33. The number of allylic oxidation sites excluding steroid dienone is 2. The Morgan fingerprint density at radius 1 is 1.21 bits per heavy atom. The van der Waals surface area contributed by atoms with E-state index in [0.717, 1.165) is 12.7 Å². The molecule has 0 aliphatic heterocycles. The minimum absolute atomic E-state index is 0.800. The summed E-state index contributed by atoms with van der Waals surface area (Å²) in [7, 11) is 4.03. The third kappa shape index (κ3) is 3.05. The zero-order chi connectivity index (χ0) is 10.4. The molecule has 2 nitrogen and oxygen atoms in total. The molecule has 0 bridgehead atoms. The van der Waals surface area contributed by atoms with E-state index in [9.17, 15) is 4.79 Å². The standard InChI is InChI=1S/C12H15NO/c1-13(2)12-8-6-11(7-9-12)5-3-4-10-14/h3-4,6-10H,5H2,1-2H3. The number of anilines is 1. The molecule has 0 aliphatic carbocycles. The van der Waals surface area contributed by atoms with Gasteiger partial charge in [0.25, 0.3) is 0 Å². The fourth-order valence-corrected chi connectivity index (χ4v) is 1.19. The van der Waals surface area contributed by atoms with Crippen LogP contribution in [-0.4, -0.2) is 20.4 Å². The topological polar surface area (TPSA) is 20.3 Å². The van der Waals surface area contributed by atoms with Crippen LogP contribution < -0.4 is 4.90 Å². The van der Waals surface area contributed by atoms with Gasteiger partial charge in [-0.3, -0.25) is 4.79 Å². The van der Waals surface area contributed by atoms with Crippen LogP contribution in [0.3, 0.4) is 0 Å². The first kappa shape index (κ1) is 10.5. The van der Waals surface area contributed by atoms with E-state index in [0.29, 0.717) is 0 Å². The molecule has 0 aromatic heterocycles. The van der Waals surface area contributed by atoms with Crippen molar-refractivity contribution in [2.75, 3.05) is 19.0 Å². The van der Waals surface area contributed by atoms with Gasteiger partial charge in [0.05, 0.1) is 0 Å². The van der Waals surface area contributed by atoms with E-state index in [1.165, 1.54) is 17.3 Å². The van der Waals surface area contributed by atoms with E-state index in [1.807, 2.05) is 20.2 Å². The molecule has 1 aromatic carbocycles. The van der Waals surface area contributed by atoms with Gasteiger partial charge in [0.1, 0.15) is 6.29 Å². The number of rotatable bonds is 4. The smallest absolute Gasteiger partial charge is 0.142 e. The quantitative estimate of drug-likeness (QED) is 0.533. The average Bonchev–Trinajstić information content (AvgIpc) is 2.19. The molecular weight excluding hydrogens is 174 g/mol. The molecule has 0 N–H and O–H groups in total. The largest absolute Gasteiger partial charge is 0.378 e. The predicted molar refractivity (Wildman–Crippen MR) is 59.7 cm³/mol. The maximum atomic E-state index is 10.0. The first-order chi connectivity index (χ1) is 6.74. The molecule has 0 saturated carbocycles. The van der Waals surface area contributed by atoms with Crippen LogP contribution in [0.2, 0.25) is 0 Å². The number of carbonyl (C=O) groups excluding carboxylic acids is 1. The van der Waals surface area contributed by atoms with Crippen molar-refractivity contribution in [1.29, 1.82) is 0 Å². The molecule has 14 heavy (non-hydrogen) atoms. The SMILES string of the molecule is CN(C)c1ccc(CC=CC=O)cc1.